The van der Waals surface area contributed by atoms with Crippen molar-refractivity contribution in [2.24, 2.45) is 0 Å². The van der Waals surface area contributed by atoms with Crippen molar-refractivity contribution in [3.8, 4) is 0 Å². The van der Waals surface area contributed by atoms with E-state index in [0.717, 1.165) is 16.7 Å². The Morgan fingerprint density at radius 2 is 2.06 bits per heavy atom. The van der Waals surface area contributed by atoms with Crippen molar-refractivity contribution < 1.29 is 5.11 Å². The zero-order valence-electron chi connectivity index (χ0n) is 9.90. The van der Waals surface area contributed by atoms with Gasteiger partial charge in [-0.1, -0.05) is 29.3 Å². The highest BCUT2D eigenvalue weighted by Gasteiger charge is 2.12. The summed E-state index contributed by atoms with van der Waals surface area (Å²) in [4.78, 5) is 3.92. The summed E-state index contributed by atoms with van der Waals surface area (Å²) in [5, 5.41) is 11.4. The molecule has 0 bridgehead atoms. The van der Waals surface area contributed by atoms with E-state index in [2.05, 4.69) is 4.98 Å². The standard InChI is InChI=1S/C14H13Cl2NO/c1-9-4-11(6-12(15)5-9)14(18)7-10-2-3-17-8-13(10)16/h2-6,8,14,18H,7H2,1H3. The molecule has 18 heavy (non-hydrogen) atoms. The van der Waals surface area contributed by atoms with E-state index < -0.39 is 6.10 Å². The maximum absolute atomic E-state index is 10.2. The first-order chi connectivity index (χ1) is 8.56. The molecule has 2 rings (SSSR count). The summed E-state index contributed by atoms with van der Waals surface area (Å²) in [6.45, 7) is 1.95. The van der Waals surface area contributed by atoms with Crippen LogP contribution in [0.25, 0.3) is 0 Å². The van der Waals surface area contributed by atoms with Gasteiger partial charge in [0.05, 0.1) is 11.1 Å². The molecule has 1 heterocycles. The smallest absolute Gasteiger partial charge is 0.0831 e. The van der Waals surface area contributed by atoms with Crippen molar-refractivity contribution in [3.05, 3.63) is 63.4 Å². The molecule has 0 radical (unpaired) electrons. The van der Waals surface area contributed by atoms with E-state index in [0.29, 0.717) is 16.5 Å². The van der Waals surface area contributed by atoms with Crippen LogP contribution in [0.3, 0.4) is 0 Å². The van der Waals surface area contributed by atoms with Crippen LogP contribution in [0.2, 0.25) is 10.0 Å². The van der Waals surface area contributed by atoms with Gasteiger partial charge in [0.1, 0.15) is 0 Å². The lowest BCUT2D eigenvalue weighted by Gasteiger charge is -2.13. The molecule has 2 aromatic rings. The minimum Gasteiger partial charge on any atom is -0.388 e. The summed E-state index contributed by atoms with van der Waals surface area (Å²) in [6.07, 6.45) is 3.06. The Morgan fingerprint density at radius 3 is 2.72 bits per heavy atom. The first kappa shape index (κ1) is 13.3. The number of aliphatic hydroxyl groups excluding tert-OH is 1. The maximum atomic E-state index is 10.2. The van der Waals surface area contributed by atoms with Crippen molar-refractivity contribution in [3.63, 3.8) is 0 Å². The Bertz CT molecular complexity index is 537. The molecule has 1 atom stereocenters. The number of pyridine rings is 1. The summed E-state index contributed by atoms with van der Waals surface area (Å²) in [5.74, 6) is 0. The van der Waals surface area contributed by atoms with Crippen LogP contribution in [0.1, 0.15) is 22.8 Å². The minimum absolute atomic E-state index is 0.446. The first-order valence-electron chi connectivity index (χ1n) is 5.60. The molecular weight excluding hydrogens is 269 g/mol. The monoisotopic (exact) mass is 281 g/mol. The number of aryl methyl sites for hydroxylation is 1. The van der Waals surface area contributed by atoms with Gasteiger partial charge in [0, 0.05) is 23.8 Å². The second-order valence-electron chi connectivity index (χ2n) is 4.25. The molecule has 0 aliphatic rings. The van der Waals surface area contributed by atoms with Gasteiger partial charge in [-0.2, -0.15) is 0 Å². The van der Waals surface area contributed by atoms with Gasteiger partial charge in [-0.3, -0.25) is 4.98 Å². The third-order valence-corrected chi connectivity index (χ3v) is 3.28. The van der Waals surface area contributed by atoms with Gasteiger partial charge < -0.3 is 5.11 Å². The molecule has 1 N–H and O–H groups in total. The SMILES string of the molecule is Cc1cc(Cl)cc(C(O)Cc2ccncc2Cl)c1. The minimum atomic E-state index is -0.623. The van der Waals surface area contributed by atoms with Crippen LogP contribution in [0.5, 0.6) is 0 Å². The van der Waals surface area contributed by atoms with Gasteiger partial charge in [0.2, 0.25) is 0 Å². The van der Waals surface area contributed by atoms with E-state index in [1.165, 1.54) is 0 Å². The van der Waals surface area contributed by atoms with Gasteiger partial charge in [-0.15, -0.1) is 0 Å². The number of aromatic nitrogens is 1. The quantitative estimate of drug-likeness (QED) is 0.923. The fourth-order valence-corrected chi connectivity index (χ4v) is 2.35. The summed E-state index contributed by atoms with van der Waals surface area (Å²) < 4.78 is 0. The molecule has 0 aliphatic carbocycles. The largest absolute Gasteiger partial charge is 0.388 e. The Labute approximate surface area is 116 Å². The molecule has 1 aromatic carbocycles. The van der Waals surface area contributed by atoms with Crippen molar-refractivity contribution in [2.45, 2.75) is 19.4 Å². The summed E-state index contributed by atoms with van der Waals surface area (Å²) >= 11 is 12.0. The second kappa shape index (κ2) is 5.70. The average molecular weight is 282 g/mol. The van der Waals surface area contributed by atoms with E-state index in [9.17, 15) is 5.11 Å². The molecular formula is C14H13Cl2NO. The van der Waals surface area contributed by atoms with Crippen LogP contribution >= 0.6 is 23.2 Å². The van der Waals surface area contributed by atoms with E-state index in [1.807, 2.05) is 25.1 Å². The molecule has 4 heteroatoms. The van der Waals surface area contributed by atoms with Crippen LogP contribution in [0.4, 0.5) is 0 Å². The Kier molecular flexibility index (Phi) is 4.23. The highest BCUT2D eigenvalue weighted by molar-refractivity contribution is 6.31. The second-order valence-corrected chi connectivity index (χ2v) is 5.09. The molecule has 0 amide bonds. The lowest BCUT2D eigenvalue weighted by atomic mass is 10.0. The van der Waals surface area contributed by atoms with Gasteiger partial charge in [0.15, 0.2) is 0 Å². The highest BCUT2D eigenvalue weighted by atomic mass is 35.5. The summed E-state index contributed by atoms with van der Waals surface area (Å²) in [5.41, 5.74) is 2.70. The third-order valence-electron chi connectivity index (χ3n) is 2.72. The summed E-state index contributed by atoms with van der Waals surface area (Å²) in [6, 6.07) is 7.36. The highest BCUT2D eigenvalue weighted by Crippen LogP contribution is 2.25. The Morgan fingerprint density at radius 1 is 1.28 bits per heavy atom. The van der Waals surface area contributed by atoms with E-state index in [4.69, 9.17) is 23.2 Å². The molecule has 1 aromatic heterocycles. The number of hydrogen-bond donors (Lipinski definition) is 1. The molecule has 94 valence electrons. The normalized spacial score (nSPS) is 12.4. The Balaban J connectivity index is 2.22. The Hall–Kier alpha value is -1.09. The predicted octanol–water partition coefficient (Wildman–Crippen LogP) is 3.97. The van der Waals surface area contributed by atoms with Crippen LogP contribution < -0.4 is 0 Å². The number of nitrogens with zero attached hydrogens (tertiary/aromatic N) is 1. The zero-order chi connectivity index (χ0) is 13.1. The number of halogens is 2. The zero-order valence-corrected chi connectivity index (χ0v) is 11.4. The van der Waals surface area contributed by atoms with Crippen molar-refractivity contribution >= 4 is 23.2 Å². The van der Waals surface area contributed by atoms with Gasteiger partial charge in [0.25, 0.3) is 0 Å². The fraction of sp³-hybridized carbons (Fsp3) is 0.214. The van der Waals surface area contributed by atoms with Crippen LogP contribution in [-0.4, -0.2) is 10.1 Å². The van der Waals surface area contributed by atoms with Gasteiger partial charge in [-0.25, -0.2) is 0 Å². The number of benzene rings is 1. The average Bonchev–Trinajstić information content (AvgIpc) is 2.31. The molecule has 0 saturated carbocycles. The molecule has 0 spiro atoms. The first-order valence-corrected chi connectivity index (χ1v) is 6.35. The van der Waals surface area contributed by atoms with Gasteiger partial charge in [-0.05, 0) is 41.8 Å². The van der Waals surface area contributed by atoms with Crippen molar-refractivity contribution in [2.75, 3.05) is 0 Å². The van der Waals surface area contributed by atoms with Crippen LogP contribution in [0.15, 0.2) is 36.7 Å². The van der Waals surface area contributed by atoms with E-state index in [-0.39, 0.29) is 0 Å². The van der Waals surface area contributed by atoms with E-state index in [1.54, 1.807) is 18.5 Å². The molecule has 0 fully saturated rings. The predicted molar refractivity (Wildman–Crippen MR) is 74.1 cm³/mol. The third kappa shape index (κ3) is 3.22. The molecule has 0 saturated heterocycles. The van der Waals surface area contributed by atoms with Crippen molar-refractivity contribution in [1.29, 1.82) is 0 Å². The van der Waals surface area contributed by atoms with Crippen molar-refractivity contribution in [1.82, 2.24) is 4.98 Å². The molecule has 1 unspecified atom stereocenters. The number of aliphatic hydroxyl groups is 1. The lowest BCUT2D eigenvalue weighted by Crippen LogP contribution is -2.03. The summed E-state index contributed by atoms with van der Waals surface area (Å²) in [7, 11) is 0. The van der Waals surface area contributed by atoms with Crippen LogP contribution in [-0.2, 0) is 6.42 Å². The number of hydrogen-bond acceptors (Lipinski definition) is 2. The van der Waals surface area contributed by atoms with E-state index >= 15 is 0 Å². The van der Waals surface area contributed by atoms with Crippen LogP contribution in [0, 0.1) is 6.92 Å². The number of rotatable bonds is 3. The maximum Gasteiger partial charge on any atom is 0.0831 e. The fourth-order valence-electron chi connectivity index (χ4n) is 1.85. The lowest BCUT2D eigenvalue weighted by molar-refractivity contribution is 0.178. The molecule has 0 aliphatic heterocycles. The topological polar surface area (TPSA) is 33.1 Å². The molecule has 2 nitrogen and oxygen atoms in total. The van der Waals surface area contributed by atoms with Gasteiger partial charge >= 0.3 is 0 Å².